The summed E-state index contributed by atoms with van der Waals surface area (Å²) in [5.74, 6) is -1.63. The number of benzene rings is 2. The third kappa shape index (κ3) is 2.63. The van der Waals surface area contributed by atoms with Crippen LogP contribution < -0.4 is 5.56 Å². The summed E-state index contributed by atoms with van der Waals surface area (Å²) in [6.07, 6.45) is 0. The third-order valence-electron chi connectivity index (χ3n) is 4.28. The van der Waals surface area contributed by atoms with Crippen LogP contribution in [0, 0.1) is 25.5 Å². The van der Waals surface area contributed by atoms with Crippen molar-refractivity contribution in [3.05, 3.63) is 74.9 Å². The van der Waals surface area contributed by atoms with Gasteiger partial charge < -0.3 is 4.98 Å². The van der Waals surface area contributed by atoms with Crippen LogP contribution in [0.1, 0.15) is 10.4 Å². The Hall–Kier alpha value is -2.86. The maximum absolute atomic E-state index is 14.1. The predicted molar refractivity (Wildman–Crippen MR) is 101 cm³/mol. The maximum Gasteiger partial charge on any atom is 0.260 e. The van der Waals surface area contributed by atoms with Crippen molar-refractivity contribution < 1.29 is 8.78 Å². The van der Waals surface area contributed by atoms with Gasteiger partial charge in [0.05, 0.1) is 10.9 Å². The molecule has 0 atom stereocenters. The van der Waals surface area contributed by atoms with E-state index in [0.29, 0.717) is 10.2 Å². The van der Waals surface area contributed by atoms with E-state index in [9.17, 15) is 13.6 Å². The zero-order valence-electron chi connectivity index (χ0n) is 14.1. The SMILES string of the molecule is Cc1ccc(-c2c(C)sc3nc(-c4c(F)cccc4F)[nH]c(=O)c23)cc1. The normalized spacial score (nSPS) is 11.2. The molecular formula is C20H14F2N2OS. The molecule has 0 saturated carbocycles. The van der Waals surface area contributed by atoms with Gasteiger partial charge in [0.15, 0.2) is 0 Å². The van der Waals surface area contributed by atoms with Crippen molar-refractivity contribution in [2.24, 2.45) is 0 Å². The largest absolute Gasteiger partial charge is 0.306 e. The summed E-state index contributed by atoms with van der Waals surface area (Å²) in [5, 5.41) is 0.442. The number of rotatable bonds is 2. The van der Waals surface area contributed by atoms with Gasteiger partial charge in [0.1, 0.15) is 22.3 Å². The fourth-order valence-corrected chi connectivity index (χ4v) is 4.07. The van der Waals surface area contributed by atoms with Crippen molar-refractivity contribution in [2.75, 3.05) is 0 Å². The molecule has 0 bridgehead atoms. The zero-order chi connectivity index (χ0) is 18.4. The van der Waals surface area contributed by atoms with Gasteiger partial charge >= 0.3 is 0 Å². The van der Waals surface area contributed by atoms with Crippen LogP contribution in [-0.4, -0.2) is 9.97 Å². The monoisotopic (exact) mass is 368 g/mol. The molecule has 2 aromatic carbocycles. The molecule has 2 heterocycles. The second-order valence-electron chi connectivity index (χ2n) is 6.09. The van der Waals surface area contributed by atoms with E-state index in [1.165, 1.54) is 17.4 Å². The molecule has 0 radical (unpaired) electrons. The molecule has 26 heavy (non-hydrogen) atoms. The fourth-order valence-electron chi connectivity index (χ4n) is 3.03. The number of aromatic amines is 1. The van der Waals surface area contributed by atoms with Gasteiger partial charge in [-0.2, -0.15) is 0 Å². The minimum atomic E-state index is -0.764. The lowest BCUT2D eigenvalue weighted by Gasteiger charge is -2.05. The van der Waals surface area contributed by atoms with Gasteiger partial charge in [0.2, 0.25) is 0 Å². The molecule has 0 aliphatic heterocycles. The van der Waals surface area contributed by atoms with E-state index in [4.69, 9.17) is 0 Å². The molecule has 0 amide bonds. The first-order valence-electron chi connectivity index (χ1n) is 8.00. The number of aryl methyl sites for hydroxylation is 2. The molecule has 4 aromatic rings. The molecule has 1 N–H and O–H groups in total. The van der Waals surface area contributed by atoms with Gasteiger partial charge in [-0.05, 0) is 31.5 Å². The summed E-state index contributed by atoms with van der Waals surface area (Å²) in [7, 11) is 0. The van der Waals surface area contributed by atoms with E-state index in [2.05, 4.69) is 9.97 Å². The van der Waals surface area contributed by atoms with Gasteiger partial charge in [-0.3, -0.25) is 4.79 Å². The molecule has 0 aliphatic rings. The highest BCUT2D eigenvalue weighted by atomic mass is 32.1. The molecule has 0 saturated heterocycles. The van der Waals surface area contributed by atoms with E-state index in [1.807, 2.05) is 38.1 Å². The Morgan fingerprint density at radius 1 is 0.962 bits per heavy atom. The molecule has 3 nitrogen and oxygen atoms in total. The van der Waals surface area contributed by atoms with Gasteiger partial charge in [-0.25, -0.2) is 13.8 Å². The van der Waals surface area contributed by atoms with Crippen molar-refractivity contribution >= 4 is 21.6 Å². The lowest BCUT2D eigenvalue weighted by molar-refractivity contribution is 0.587. The zero-order valence-corrected chi connectivity index (χ0v) is 14.9. The number of H-pyrrole nitrogens is 1. The predicted octanol–water partition coefficient (Wildman–Crippen LogP) is 5.21. The Morgan fingerprint density at radius 2 is 1.62 bits per heavy atom. The molecule has 0 fully saturated rings. The average Bonchev–Trinajstić information content (AvgIpc) is 2.92. The van der Waals surface area contributed by atoms with Crippen molar-refractivity contribution in [1.82, 2.24) is 9.97 Å². The Bertz CT molecular complexity index is 1170. The summed E-state index contributed by atoms with van der Waals surface area (Å²) in [5.41, 5.74) is 2.10. The summed E-state index contributed by atoms with van der Waals surface area (Å²) < 4.78 is 28.1. The second-order valence-corrected chi connectivity index (χ2v) is 7.29. The average molecular weight is 368 g/mol. The van der Waals surface area contributed by atoms with Crippen LogP contribution in [0.2, 0.25) is 0 Å². The molecule has 0 unspecified atom stereocenters. The smallest absolute Gasteiger partial charge is 0.260 e. The van der Waals surface area contributed by atoms with E-state index >= 15 is 0 Å². The first kappa shape index (κ1) is 16.6. The van der Waals surface area contributed by atoms with Crippen LogP contribution in [0.3, 0.4) is 0 Å². The van der Waals surface area contributed by atoms with Crippen molar-refractivity contribution in [3.8, 4) is 22.5 Å². The third-order valence-corrected chi connectivity index (χ3v) is 5.28. The summed E-state index contributed by atoms with van der Waals surface area (Å²) >= 11 is 1.34. The number of hydrogen-bond acceptors (Lipinski definition) is 3. The van der Waals surface area contributed by atoms with Gasteiger partial charge in [-0.15, -0.1) is 11.3 Å². The Kier molecular flexibility index (Phi) is 3.92. The number of hydrogen-bond donors (Lipinski definition) is 1. The first-order chi connectivity index (χ1) is 12.5. The topological polar surface area (TPSA) is 45.8 Å². The van der Waals surface area contributed by atoms with E-state index < -0.39 is 17.2 Å². The van der Waals surface area contributed by atoms with E-state index in [1.54, 1.807) is 0 Å². The maximum atomic E-state index is 14.1. The highest BCUT2D eigenvalue weighted by molar-refractivity contribution is 7.19. The number of aromatic nitrogens is 2. The van der Waals surface area contributed by atoms with Crippen LogP contribution in [0.4, 0.5) is 8.78 Å². The standard InChI is InChI=1S/C20H14F2N2OS/c1-10-6-8-12(9-7-10)15-11(2)26-20-17(15)19(25)23-18(24-20)16-13(21)4-3-5-14(16)22/h3-9H,1-2H3,(H,23,24,25). The van der Waals surface area contributed by atoms with Crippen LogP contribution in [-0.2, 0) is 0 Å². The van der Waals surface area contributed by atoms with Crippen LogP contribution in [0.15, 0.2) is 47.3 Å². The highest BCUT2D eigenvalue weighted by Gasteiger charge is 2.19. The quantitative estimate of drug-likeness (QED) is 0.528. The van der Waals surface area contributed by atoms with Crippen LogP contribution >= 0.6 is 11.3 Å². The lowest BCUT2D eigenvalue weighted by atomic mass is 10.0. The van der Waals surface area contributed by atoms with Crippen molar-refractivity contribution in [3.63, 3.8) is 0 Å². The molecule has 6 heteroatoms. The minimum absolute atomic E-state index is 0.102. The number of halogens is 2. The molecule has 0 aliphatic carbocycles. The summed E-state index contributed by atoms with van der Waals surface area (Å²) in [6.45, 7) is 3.90. The Morgan fingerprint density at radius 3 is 2.27 bits per heavy atom. The Balaban J connectivity index is 1.99. The molecular weight excluding hydrogens is 354 g/mol. The highest BCUT2D eigenvalue weighted by Crippen LogP contribution is 2.36. The minimum Gasteiger partial charge on any atom is -0.306 e. The summed E-state index contributed by atoms with van der Waals surface area (Å²) in [6, 6.07) is 11.4. The van der Waals surface area contributed by atoms with Crippen LogP contribution in [0.25, 0.3) is 32.7 Å². The Labute approximate surface area is 152 Å². The number of thiophene rings is 1. The summed E-state index contributed by atoms with van der Waals surface area (Å²) in [4.78, 5) is 21.0. The van der Waals surface area contributed by atoms with Crippen LogP contribution in [0.5, 0.6) is 0 Å². The van der Waals surface area contributed by atoms with Gasteiger partial charge in [0.25, 0.3) is 5.56 Å². The lowest BCUT2D eigenvalue weighted by Crippen LogP contribution is -2.10. The number of nitrogens with zero attached hydrogens (tertiary/aromatic N) is 1. The second kappa shape index (κ2) is 6.14. The van der Waals surface area contributed by atoms with Gasteiger partial charge in [0, 0.05) is 10.4 Å². The molecule has 4 rings (SSSR count). The van der Waals surface area contributed by atoms with Crippen molar-refractivity contribution in [1.29, 1.82) is 0 Å². The molecule has 130 valence electrons. The van der Waals surface area contributed by atoms with Gasteiger partial charge in [-0.1, -0.05) is 35.9 Å². The molecule has 2 aromatic heterocycles. The fraction of sp³-hybridized carbons (Fsp3) is 0.100. The number of nitrogens with one attached hydrogen (secondary N) is 1. The molecule has 0 spiro atoms. The van der Waals surface area contributed by atoms with E-state index in [0.717, 1.165) is 33.7 Å². The van der Waals surface area contributed by atoms with E-state index in [-0.39, 0.29) is 11.4 Å². The first-order valence-corrected chi connectivity index (χ1v) is 8.82. The number of fused-ring (bicyclic) bond motifs is 1. The van der Waals surface area contributed by atoms with Crippen molar-refractivity contribution in [2.45, 2.75) is 13.8 Å².